The summed E-state index contributed by atoms with van der Waals surface area (Å²) in [4.78, 5) is 0. The van der Waals surface area contributed by atoms with Crippen LogP contribution in [0.1, 0.15) is 24.8 Å². The van der Waals surface area contributed by atoms with E-state index in [9.17, 15) is 8.42 Å². The van der Waals surface area contributed by atoms with Gasteiger partial charge < -0.3 is 4.74 Å². The molecule has 0 radical (unpaired) electrons. The predicted molar refractivity (Wildman–Crippen MR) is 88.8 cm³/mol. The highest BCUT2D eigenvalue weighted by Crippen LogP contribution is 2.43. The highest BCUT2D eigenvalue weighted by Gasteiger charge is 2.43. The standard InChI is InChI=1S/C18H18O3S/c1-21-18-9-8-15(16-4-2-3-5-17(16)18)12-10-13-6-7-14(11-12)22(13,19)20/h2-5,8-10,13-14H,6-7,11H2,1H3. The topological polar surface area (TPSA) is 43.4 Å². The molecule has 0 N–H and O–H groups in total. The number of fused-ring (bicyclic) bond motifs is 3. The van der Waals surface area contributed by atoms with Gasteiger partial charge >= 0.3 is 0 Å². The summed E-state index contributed by atoms with van der Waals surface area (Å²) in [6, 6.07) is 12.2. The summed E-state index contributed by atoms with van der Waals surface area (Å²) in [6.07, 6.45) is 4.17. The molecule has 2 heterocycles. The Balaban J connectivity index is 1.90. The van der Waals surface area contributed by atoms with Crippen LogP contribution in [-0.2, 0) is 9.84 Å². The number of allylic oxidation sites excluding steroid dienone is 1. The van der Waals surface area contributed by atoms with Crippen LogP contribution in [0, 0.1) is 0 Å². The van der Waals surface area contributed by atoms with Gasteiger partial charge in [-0.05, 0) is 41.9 Å². The Labute approximate surface area is 130 Å². The van der Waals surface area contributed by atoms with Crippen molar-refractivity contribution in [1.29, 1.82) is 0 Å². The molecule has 2 bridgehead atoms. The molecule has 3 nitrogen and oxygen atoms in total. The summed E-state index contributed by atoms with van der Waals surface area (Å²) in [6.45, 7) is 0. The van der Waals surface area contributed by atoms with Crippen LogP contribution in [0.25, 0.3) is 16.3 Å². The largest absolute Gasteiger partial charge is 0.496 e. The van der Waals surface area contributed by atoms with E-state index in [1.807, 2.05) is 30.3 Å². The van der Waals surface area contributed by atoms with Crippen molar-refractivity contribution in [3.8, 4) is 5.75 Å². The molecule has 2 unspecified atom stereocenters. The van der Waals surface area contributed by atoms with Crippen LogP contribution in [0.5, 0.6) is 5.75 Å². The lowest BCUT2D eigenvalue weighted by Gasteiger charge is -2.22. The fourth-order valence-corrected chi connectivity index (χ4v) is 5.98. The summed E-state index contributed by atoms with van der Waals surface area (Å²) >= 11 is 0. The molecule has 2 atom stereocenters. The molecule has 4 rings (SSSR count). The van der Waals surface area contributed by atoms with Crippen molar-refractivity contribution in [2.24, 2.45) is 0 Å². The smallest absolute Gasteiger partial charge is 0.159 e. The highest BCUT2D eigenvalue weighted by molar-refractivity contribution is 7.93. The molecule has 114 valence electrons. The zero-order valence-corrected chi connectivity index (χ0v) is 13.3. The van der Waals surface area contributed by atoms with Gasteiger partial charge in [0.05, 0.1) is 17.6 Å². The molecule has 2 aliphatic rings. The van der Waals surface area contributed by atoms with Crippen molar-refractivity contribution in [2.75, 3.05) is 7.11 Å². The molecule has 2 aliphatic heterocycles. The van der Waals surface area contributed by atoms with E-state index in [1.54, 1.807) is 7.11 Å². The van der Waals surface area contributed by atoms with Gasteiger partial charge in [-0.15, -0.1) is 0 Å². The molecule has 0 aromatic heterocycles. The van der Waals surface area contributed by atoms with E-state index in [1.165, 1.54) is 5.57 Å². The average Bonchev–Trinajstić information content (AvgIpc) is 2.71. The monoisotopic (exact) mass is 314 g/mol. The van der Waals surface area contributed by atoms with Crippen molar-refractivity contribution < 1.29 is 13.2 Å². The van der Waals surface area contributed by atoms with E-state index in [4.69, 9.17) is 4.74 Å². The normalized spacial score (nSPS) is 26.0. The van der Waals surface area contributed by atoms with E-state index < -0.39 is 9.84 Å². The molecule has 0 spiro atoms. The maximum atomic E-state index is 12.3. The molecular weight excluding hydrogens is 296 g/mol. The van der Waals surface area contributed by atoms with Crippen molar-refractivity contribution in [2.45, 2.75) is 29.8 Å². The second kappa shape index (κ2) is 4.85. The van der Waals surface area contributed by atoms with Gasteiger partial charge in [0.1, 0.15) is 5.75 Å². The van der Waals surface area contributed by atoms with E-state index >= 15 is 0 Å². The second-order valence-corrected chi connectivity index (χ2v) is 8.53. The van der Waals surface area contributed by atoms with Crippen molar-refractivity contribution >= 4 is 26.2 Å². The zero-order valence-electron chi connectivity index (χ0n) is 12.5. The van der Waals surface area contributed by atoms with E-state index in [0.717, 1.165) is 34.9 Å². The molecule has 1 fully saturated rings. The van der Waals surface area contributed by atoms with Gasteiger partial charge in [-0.2, -0.15) is 0 Å². The first-order valence-corrected chi connectivity index (χ1v) is 9.21. The van der Waals surface area contributed by atoms with Gasteiger partial charge in [0, 0.05) is 5.39 Å². The molecule has 2 aromatic carbocycles. The molecule has 22 heavy (non-hydrogen) atoms. The molecular formula is C18H18O3S. The molecule has 0 aliphatic carbocycles. The fraction of sp³-hybridized carbons (Fsp3) is 0.333. The highest BCUT2D eigenvalue weighted by atomic mass is 32.2. The third-order valence-corrected chi connectivity index (χ3v) is 7.49. The van der Waals surface area contributed by atoms with Crippen molar-refractivity contribution in [3.63, 3.8) is 0 Å². The summed E-state index contributed by atoms with van der Waals surface area (Å²) < 4.78 is 29.9. The molecule has 1 saturated heterocycles. The number of benzene rings is 2. The number of sulfone groups is 1. The van der Waals surface area contributed by atoms with E-state index in [0.29, 0.717) is 6.42 Å². The van der Waals surface area contributed by atoms with Crippen LogP contribution in [-0.4, -0.2) is 26.0 Å². The SMILES string of the molecule is COc1ccc(C2=CC3CCC(C2)S3(=O)=O)c2ccccc12. The van der Waals surface area contributed by atoms with Gasteiger partial charge in [0.25, 0.3) is 0 Å². The minimum absolute atomic E-state index is 0.196. The Morgan fingerprint density at radius 3 is 2.55 bits per heavy atom. The maximum Gasteiger partial charge on any atom is 0.159 e. The number of rotatable bonds is 2. The number of hydrogen-bond donors (Lipinski definition) is 0. The van der Waals surface area contributed by atoms with Crippen LogP contribution in [0.15, 0.2) is 42.5 Å². The number of hydrogen-bond acceptors (Lipinski definition) is 3. The van der Waals surface area contributed by atoms with Crippen molar-refractivity contribution in [1.82, 2.24) is 0 Å². The number of methoxy groups -OCH3 is 1. The summed E-state index contributed by atoms with van der Waals surface area (Å²) in [7, 11) is -1.26. The first kappa shape index (κ1) is 13.8. The van der Waals surface area contributed by atoms with Crippen LogP contribution >= 0.6 is 0 Å². The quantitative estimate of drug-likeness (QED) is 0.851. The Morgan fingerprint density at radius 1 is 1.05 bits per heavy atom. The minimum Gasteiger partial charge on any atom is -0.496 e. The first-order valence-electron chi connectivity index (χ1n) is 7.61. The van der Waals surface area contributed by atoms with Gasteiger partial charge in [0.2, 0.25) is 0 Å². The Hall–Kier alpha value is -1.81. The van der Waals surface area contributed by atoms with Crippen LogP contribution < -0.4 is 4.74 Å². The van der Waals surface area contributed by atoms with E-state index in [-0.39, 0.29) is 10.5 Å². The van der Waals surface area contributed by atoms with Crippen LogP contribution in [0.4, 0.5) is 0 Å². The third-order valence-electron chi connectivity index (χ3n) is 4.94. The zero-order chi connectivity index (χ0) is 15.3. The molecule has 2 aromatic rings. The lowest BCUT2D eigenvalue weighted by atomic mass is 9.94. The average molecular weight is 314 g/mol. The Morgan fingerprint density at radius 2 is 1.82 bits per heavy atom. The van der Waals surface area contributed by atoms with Crippen LogP contribution in [0.3, 0.4) is 0 Å². The Bertz CT molecular complexity index is 880. The van der Waals surface area contributed by atoms with Crippen LogP contribution in [0.2, 0.25) is 0 Å². The molecule has 0 amide bonds. The Kier molecular flexibility index (Phi) is 3.05. The minimum atomic E-state index is -2.94. The predicted octanol–water partition coefficient (Wildman–Crippen LogP) is 3.58. The second-order valence-electron chi connectivity index (χ2n) is 6.08. The number of ether oxygens (including phenoxy) is 1. The van der Waals surface area contributed by atoms with Crippen molar-refractivity contribution in [3.05, 3.63) is 48.0 Å². The lowest BCUT2D eigenvalue weighted by molar-refractivity contribution is 0.420. The summed E-state index contributed by atoms with van der Waals surface area (Å²) in [5.41, 5.74) is 2.31. The molecule has 0 saturated carbocycles. The maximum absolute atomic E-state index is 12.3. The van der Waals surface area contributed by atoms with E-state index in [2.05, 4.69) is 12.1 Å². The van der Waals surface area contributed by atoms with Gasteiger partial charge in [-0.25, -0.2) is 8.42 Å². The third kappa shape index (κ3) is 1.90. The molecule has 4 heteroatoms. The van der Waals surface area contributed by atoms with Gasteiger partial charge in [-0.1, -0.05) is 36.4 Å². The fourth-order valence-electron chi connectivity index (χ4n) is 3.79. The first-order chi connectivity index (χ1) is 10.6. The summed E-state index contributed by atoms with van der Waals surface area (Å²) in [5.74, 6) is 0.853. The van der Waals surface area contributed by atoms with Gasteiger partial charge in [-0.3, -0.25) is 0 Å². The van der Waals surface area contributed by atoms with Gasteiger partial charge in [0.15, 0.2) is 9.84 Å². The summed E-state index contributed by atoms with van der Waals surface area (Å²) in [5, 5.41) is 1.72. The lowest BCUT2D eigenvalue weighted by Crippen LogP contribution is -2.26.